The van der Waals surface area contributed by atoms with E-state index in [-0.39, 0.29) is 11.7 Å². The molecule has 0 atom stereocenters. The third-order valence-corrected chi connectivity index (χ3v) is 5.76. The molecule has 0 aliphatic heterocycles. The second-order valence-corrected chi connectivity index (χ2v) is 8.29. The first kappa shape index (κ1) is 19.6. The number of amides is 1. The fourth-order valence-corrected chi connectivity index (χ4v) is 4.02. The van der Waals surface area contributed by atoms with Crippen LogP contribution in [0.15, 0.2) is 46.7 Å². The Labute approximate surface area is 170 Å². The van der Waals surface area contributed by atoms with E-state index in [0.29, 0.717) is 16.7 Å². The van der Waals surface area contributed by atoms with Gasteiger partial charge in [-0.1, -0.05) is 23.4 Å². The van der Waals surface area contributed by atoms with Crippen LogP contribution in [0.1, 0.15) is 16.7 Å². The number of carbonyl (C=O) groups is 1. The predicted molar refractivity (Wildman–Crippen MR) is 112 cm³/mol. The van der Waals surface area contributed by atoms with E-state index in [4.69, 9.17) is 11.6 Å². The topological polar surface area (TPSA) is 72.2 Å². The molecule has 0 bridgehead atoms. The number of thioether (sulfide) groups is 1. The molecule has 0 saturated heterocycles. The monoisotopic (exact) mass is 419 g/mol. The molecule has 0 saturated carbocycles. The van der Waals surface area contributed by atoms with Gasteiger partial charge in [0.25, 0.3) is 5.91 Å². The van der Waals surface area contributed by atoms with Crippen LogP contribution in [0.3, 0.4) is 0 Å². The van der Waals surface area contributed by atoms with Crippen molar-refractivity contribution in [1.29, 1.82) is 0 Å². The average Bonchev–Trinajstić information content (AvgIpc) is 3.26. The number of thiophene rings is 1. The molecule has 6 nitrogen and oxygen atoms in total. The molecular formula is C18H18ClN5OS2. The maximum absolute atomic E-state index is 12.0. The lowest BCUT2D eigenvalue weighted by molar-refractivity contribution is -0.118. The van der Waals surface area contributed by atoms with Gasteiger partial charge in [-0.3, -0.25) is 4.79 Å². The van der Waals surface area contributed by atoms with Gasteiger partial charge in [0.15, 0.2) is 11.0 Å². The molecule has 3 rings (SSSR count). The second kappa shape index (κ2) is 9.16. The summed E-state index contributed by atoms with van der Waals surface area (Å²) < 4.78 is 1.97. The van der Waals surface area contributed by atoms with Gasteiger partial charge in [0, 0.05) is 26.9 Å². The third-order valence-electron chi connectivity index (χ3n) is 3.61. The van der Waals surface area contributed by atoms with E-state index >= 15 is 0 Å². The van der Waals surface area contributed by atoms with Gasteiger partial charge in [-0.2, -0.15) is 5.10 Å². The van der Waals surface area contributed by atoms with Crippen molar-refractivity contribution in [3.63, 3.8) is 0 Å². The van der Waals surface area contributed by atoms with Gasteiger partial charge < -0.3 is 4.57 Å². The lowest BCUT2D eigenvalue weighted by Crippen LogP contribution is -2.19. The summed E-state index contributed by atoms with van der Waals surface area (Å²) in [5, 5.41) is 13.8. The Morgan fingerprint density at radius 2 is 2.07 bits per heavy atom. The Balaban J connectivity index is 1.59. The molecular weight excluding hydrogens is 402 g/mol. The minimum Gasteiger partial charge on any atom is -0.302 e. The lowest BCUT2D eigenvalue weighted by atomic mass is 10.2. The highest BCUT2D eigenvalue weighted by molar-refractivity contribution is 7.99. The average molecular weight is 420 g/mol. The van der Waals surface area contributed by atoms with Gasteiger partial charge in [0.1, 0.15) is 0 Å². The molecule has 1 aromatic carbocycles. The minimum absolute atomic E-state index is 0.191. The first-order valence-electron chi connectivity index (χ1n) is 8.27. The number of carbonyl (C=O) groups excluding carboxylic acids is 1. The number of aromatic nitrogens is 3. The Morgan fingerprint density at radius 1 is 1.30 bits per heavy atom. The fraction of sp³-hybridized carbons (Fsp3) is 0.222. The number of benzene rings is 1. The molecule has 3 aromatic rings. The van der Waals surface area contributed by atoms with E-state index in [1.807, 2.05) is 54.8 Å². The molecule has 0 aliphatic rings. The van der Waals surface area contributed by atoms with Crippen molar-refractivity contribution < 1.29 is 4.79 Å². The largest absolute Gasteiger partial charge is 0.302 e. The van der Waals surface area contributed by atoms with Gasteiger partial charge >= 0.3 is 0 Å². The Kier molecular flexibility index (Phi) is 6.65. The summed E-state index contributed by atoms with van der Waals surface area (Å²) in [6.07, 6.45) is 1.65. The fourth-order valence-electron chi connectivity index (χ4n) is 2.35. The number of rotatable bonds is 7. The van der Waals surface area contributed by atoms with E-state index < -0.39 is 0 Å². The maximum atomic E-state index is 12.0. The summed E-state index contributed by atoms with van der Waals surface area (Å²) in [4.78, 5) is 14.2. The van der Waals surface area contributed by atoms with Gasteiger partial charge in [0.05, 0.1) is 12.0 Å². The van der Waals surface area contributed by atoms with Crippen molar-refractivity contribution in [2.45, 2.75) is 25.5 Å². The molecule has 1 amide bonds. The molecule has 0 fully saturated rings. The summed E-state index contributed by atoms with van der Waals surface area (Å²) in [7, 11) is 0. The number of aryl methyl sites for hydroxylation is 1. The highest BCUT2D eigenvalue weighted by atomic mass is 35.5. The summed E-state index contributed by atoms with van der Waals surface area (Å²) >= 11 is 8.89. The van der Waals surface area contributed by atoms with E-state index in [9.17, 15) is 4.79 Å². The number of halogens is 1. The van der Waals surface area contributed by atoms with Gasteiger partial charge in [-0.05, 0) is 50.2 Å². The zero-order chi connectivity index (χ0) is 19.2. The van der Waals surface area contributed by atoms with E-state index in [2.05, 4.69) is 20.7 Å². The Hall–Kier alpha value is -2.16. The van der Waals surface area contributed by atoms with Crippen LogP contribution in [0.4, 0.5) is 0 Å². The zero-order valence-corrected chi connectivity index (χ0v) is 17.2. The van der Waals surface area contributed by atoms with Crippen LogP contribution in [0.25, 0.3) is 11.4 Å². The number of hydrogen-bond donors (Lipinski definition) is 1. The standard InChI is InChI=1S/C18H18ClN5OS2/c1-3-24-17(13-5-7-14(19)8-6-13)22-23-18(24)26-11-16(25)21-20-10-15-9-4-12(2)27-15/h4-10H,3,11H2,1-2H3,(H,21,25). The van der Waals surface area contributed by atoms with Crippen LogP contribution < -0.4 is 5.43 Å². The molecule has 27 heavy (non-hydrogen) atoms. The van der Waals surface area contributed by atoms with Crippen molar-refractivity contribution in [2.75, 3.05) is 5.75 Å². The maximum Gasteiger partial charge on any atom is 0.250 e. The van der Waals surface area contributed by atoms with Crippen LogP contribution in [0, 0.1) is 6.92 Å². The molecule has 0 spiro atoms. The van der Waals surface area contributed by atoms with E-state index in [1.54, 1.807) is 17.6 Å². The minimum atomic E-state index is -0.191. The van der Waals surface area contributed by atoms with Crippen molar-refractivity contribution in [2.24, 2.45) is 5.10 Å². The normalized spacial score (nSPS) is 11.2. The van der Waals surface area contributed by atoms with E-state index in [0.717, 1.165) is 16.3 Å². The second-order valence-electron chi connectivity index (χ2n) is 5.59. The molecule has 1 N–H and O–H groups in total. The highest BCUT2D eigenvalue weighted by Gasteiger charge is 2.14. The molecule has 2 heterocycles. The number of hydrogen-bond acceptors (Lipinski definition) is 6. The molecule has 0 aliphatic carbocycles. The Bertz CT molecular complexity index is 949. The zero-order valence-electron chi connectivity index (χ0n) is 14.8. The Morgan fingerprint density at radius 3 is 2.74 bits per heavy atom. The smallest absolute Gasteiger partial charge is 0.250 e. The number of nitrogens with zero attached hydrogens (tertiary/aromatic N) is 4. The molecule has 0 unspecified atom stereocenters. The van der Waals surface area contributed by atoms with Crippen LogP contribution in [-0.4, -0.2) is 32.6 Å². The summed E-state index contributed by atoms with van der Waals surface area (Å²) in [6.45, 7) is 4.74. The number of nitrogens with one attached hydrogen (secondary N) is 1. The molecule has 9 heteroatoms. The van der Waals surface area contributed by atoms with Gasteiger partial charge in [0.2, 0.25) is 0 Å². The third kappa shape index (κ3) is 5.18. The van der Waals surface area contributed by atoms with Crippen molar-refractivity contribution in [3.8, 4) is 11.4 Å². The molecule has 140 valence electrons. The van der Waals surface area contributed by atoms with Crippen LogP contribution >= 0.6 is 34.7 Å². The van der Waals surface area contributed by atoms with Crippen LogP contribution in [-0.2, 0) is 11.3 Å². The number of hydrazone groups is 1. The molecule has 0 radical (unpaired) electrons. The summed E-state index contributed by atoms with van der Waals surface area (Å²) in [6, 6.07) is 11.4. The molecule has 2 aromatic heterocycles. The van der Waals surface area contributed by atoms with Crippen LogP contribution in [0.5, 0.6) is 0 Å². The van der Waals surface area contributed by atoms with E-state index in [1.165, 1.54) is 16.6 Å². The van der Waals surface area contributed by atoms with Gasteiger partial charge in [-0.25, -0.2) is 5.43 Å². The summed E-state index contributed by atoms with van der Waals surface area (Å²) in [5.41, 5.74) is 3.47. The van der Waals surface area contributed by atoms with Crippen LogP contribution in [0.2, 0.25) is 5.02 Å². The van der Waals surface area contributed by atoms with Crippen molar-refractivity contribution in [1.82, 2.24) is 20.2 Å². The highest BCUT2D eigenvalue weighted by Crippen LogP contribution is 2.25. The first-order valence-corrected chi connectivity index (χ1v) is 10.4. The van der Waals surface area contributed by atoms with Crippen molar-refractivity contribution in [3.05, 3.63) is 51.2 Å². The quantitative estimate of drug-likeness (QED) is 0.353. The predicted octanol–water partition coefficient (Wildman–Crippen LogP) is 4.23. The SMILES string of the molecule is CCn1c(SCC(=O)NN=Cc2ccc(C)s2)nnc1-c1ccc(Cl)cc1. The van der Waals surface area contributed by atoms with Gasteiger partial charge in [-0.15, -0.1) is 21.5 Å². The lowest BCUT2D eigenvalue weighted by Gasteiger charge is -2.07. The first-order chi connectivity index (χ1) is 13.1. The summed E-state index contributed by atoms with van der Waals surface area (Å²) in [5.74, 6) is 0.769. The van der Waals surface area contributed by atoms with Crippen molar-refractivity contribution >= 4 is 46.8 Å².